The average Bonchev–Trinajstić information content (AvgIpc) is 2.69. The van der Waals surface area contributed by atoms with Crippen LogP contribution in [0.3, 0.4) is 0 Å². The molecule has 0 spiro atoms. The van der Waals surface area contributed by atoms with Crippen LogP contribution >= 0.6 is 0 Å². The van der Waals surface area contributed by atoms with Gasteiger partial charge in [-0.15, -0.1) is 0 Å². The Hall–Kier alpha value is -2.30. The van der Waals surface area contributed by atoms with E-state index in [2.05, 4.69) is 34.5 Å². The van der Waals surface area contributed by atoms with E-state index in [1.807, 2.05) is 23.1 Å². The van der Waals surface area contributed by atoms with E-state index in [1.54, 1.807) is 0 Å². The minimum atomic E-state index is 0.0783. The topological polar surface area (TPSA) is 52.7 Å². The molecule has 0 aromatic heterocycles. The molecule has 1 heterocycles. The summed E-state index contributed by atoms with van der Waals surface area (Å²) in [4.78, 5) is 28.6. The van der Waals surface area contributed by atoms with E-state index in [0.29, 0.717) is 13.0 Å². The lowest BCUT2D eigenvalue weighted by atomic mass is 9.94. The SMILES string of the molecule is O=C(NCCC(=O)N1CCN(c2ccccc2)CC1)[C@@H]1CC=CCC1. The Labute approximate surface area is 149 Å². The van der Waals surface area contributed by atoms with Crippen molar-refractivity contribution in [2.24, 2.45) is 5.92 Å². The number of carbonyl (C=O) groups is 2. The monoisotopic (exact) mass is 341 g/mol. The summed E-state index contributed by atoms with van der Waals surface area (Å²) in [6.45, 7) is 3.65. The lowest BCUT2D eigenvalue weighted by Gasteiger charge is -2.36. The summed E-state index contributed by atoms with van der Waals surface area (Å²) in [5.41, 5.74) is 1.21. The molecule has 1 fully saturated rings. The molecule has 1 aromatic rings. The molecular weight excluding hydrogens is 314 g/mol. The van der Waals surface area contributed by atoms with Crippen LogP contribution in [0.4, 0.5) is 5.69 Å². The van der Waals surface area contributed by atoms with Crippen LogP contribution in [0.1, 0.15) is 25.7 Å². The van der Waals surface area contributed by atoms with E-state index < -0.39 is 0 Å². The van der Waals surface area contributed by atoms with Crippen molar-refractivity contribution in [1.29, 1.82) is 0 Å². The van der Waals surface area contributed by atoms with E-state index in [1.165, 1.54) is 5.69 Å². The largest absolute Gasteiger partial charge is 0.368 e. The highest BCUT2D eigenvalue weighted by Crippen LogP contribution is 2.18. The molecule has 1 saturated heterocycles. The van der Waals surface area contributed by atoms with E-state index in [-0.39, 0.29) is 17.7 Å². The minimum Gasteiger partial charge on any atom is -0.368 e. The van der Waals surface area contributed by atoms with Gasteiger partial charge in [0, 0.05) is 50.7 Å². The Bertz CT molecular complexity index is 607. The molecule has 134 valence electrons. The Balaban J connectivity index is 1.36. The van der Waals surface area contributed by atoms with Gasteiger partial charge in [0.05, 0.1) is 0 Å². The number of amides is 2. The maximum Gasteiger partial charge on any atom is 0.224 e. The molecule has 1 N–H and O–H groups in total. The molecule has 0 radical (unpaired) electrons. The third-order valence-corrected chi connectivity index (χ3v) is 5.03. The van der Waals surface area contributed by atoms with Gasteiger partial charge in [0.25, 0.3) is 0 Å². The number of allylic oxidation sites excluding steroid dienone is 2. The highest BCUT2D eigenvalue weighted by Gasteiger charge is 2.22. The smallest absolute Gasteiger partial charge is 0.224 e. The third kappa shape index (κ3) is 4.84. The molecule has 1 aliphatic carbocycles. The number of para-hydroxylation sites is 1. The van der Waals surface area contributed by atoms with Crippen LogP contribution < -0.4 is 10.2 Å². The molecule has 0 bridgehead atoms. The summed E-state index contributed by atoms with van der Waals surface area (Å²) < 4.78 is 0. The van der Waals surface area contributed by atoms with E-state index in [9.17, 15) is 9.59 Å². The first-order chi connectivity index (χ1) is 12.2. The van der Waals surface area contributed by atoms with Crippen molar-refractivity contribution in [1.82, 2.24) is 10.2 Å². The van der Waals surface area contributed by atoms with E-state index >= 15 is 0 Å². The molecule has 2 amide bonds. The Morgan fingerprint density at radius 2 is 1.80 bits per heavy atom. The second-order valence-corrected chi connectivity index (χ2v) is 6.73. The maximum atomic E-state index is 12.3. The van der Waals surface area contributed by atoms with Crippen molar-refractivity contribution in [2.45, 2.75) is 25.7 Å². The number of rotatable bonds is 5. The molecule has 5 nitrogen and oxygen atoms in total. The number of nitrogens with one attached hydrogen (secondary N) is 1. The second kappa shape index (κ2) is 8.70. The van der Waals surface area contributed by atoms with Crippen LogP contribution in [0.25, 0.3) is 0 Å². The van der Waals surface area contributed by atoms with Crippen molar-refractivity contribution in [3.63, 3.8) is 0 Å². The molecule has 0 unspecified atom stereocenters. The first-order valence-corrected chi connectivity index (χ1v) is 9.24. The lowest BCUT2D eigenvalue weighted by molar-refractivity contribution is -0.131. The van der Waals surface area contributed by atoms with Gasteiger partial charge < -0.3 is 15.1 Å². The van der Waals surface area contributed by atoms with Crippen molar-refractivity contribution < 1.29 is 9.59 Å². The van der Waals surface area contributed by atoms with Crippen LogP contribution in [0.2, 0.25) is 0 Å². The minimum absolute atomic E-state index is 0.0783. The zero-order valence-corrected chi connectivity index (χ0v) is 14.7. The molecule has 25 heavy (non-hydrogen) atoms. The number of hydrogen-bond donors (Lipinski definition) is 1. The summed E-state index contributed by atoms with van der Waals surface area (Å²) in [5.74, 6) is 0.303. The van der Waals surface area contributed by atoms with Gasteiger partial charge in [0.2, 0.25) is 11.8 Å². The summed E-state index contributed by atoms with van der Waals surface area (Å²) in [7, 11) is 0. The van der Waals surface area contributed by atoms with E-state index in [4.69, 9.17) is 0 Å². The molecule has 3 rings (SSSR count). The number of hydrogen-bond acceptors (Lipinski definition) is 3. The number of carbonyl (C=O) groups excluding carboxylic acids is 2. The zero-order chi connectivity index (χ0) is 17.5. The fourth-order valence-electron chi connectivity index (χ4n) is 3.48. The number of anilines is 1. The molecule has 1 aromatic carbocycles. The summed E-state index contributed by atoms with van der Waals surface area (Å²) in [6.07, 6.45) is 7.30. The van der Waals surface area contributed by atoms with Gasteiger partial charge >= 0.3 is 0 Å². The molecule has 5 heteroatoms. The van der Waals surface area contributed by atoms with Crippen molar-refractivity contribution in [2.75, 3.05) is 37.6 Å². The number of nitrogens with zero attached hydrogens (tertiary/aromatic N) is 2. The highest BCUT2D eigenvalue weighted by molar-refractivity contribution is 5.81. The van der Waals surface area contributed by atoms with Crippen LogP contribution in [-0.2, 0) is 9.59 Å². The number of benzene rings is 1. The fraction of sp³-hybridized carbons (Fsp3) is 0.500. The first-order valence-electron chi connectivity index (χ1n) is 9.24. The second-order valence-electron chi connectivity index (χ2n) is 6.73. The van der Waals surface area contributed by atoms with Gasteiger partial charge in [-0.3, -0.25) is 9.59 Å². The third-order valence-electron chi connectivity index (χ3n) is 5.03. The summed E-state index contributed by atoms with van der Waals surface area (Å²) in [6, 6.07) is 10.3. The molecule has 1 atom stereocenters. The molecule has 2 aliphatic rings. The maximum absolute atomic E-state index is 12.3. The van der Waals surface area contributed by atoms with Crippen LogP contribution in [-0.4, -0.2) is 49.4 Å². The fourth-order valence-corrected chi connectivity index (χ4v) is 3.48. The van der Waals surface area contributed by atoms with Gasteiger partial charge in [0.1, 0.15) is 0 Å². The average molecular weight is 341 g/mol. The Kier molecular flexibility index (Phi) is 6.09. The summed E-state index contributed by atoms with van der Waals surface area (Å²) in [5, 5.41) is 2.93. The first kappa shape index (κ1) is 17.5. The lowest BCUT2D eigenvalue weighted by Crippen LogP contribution is -2.49. The Morgan fingerprint density at radius 1 is 1.04 bits per heavy atom. The van der Waals surface area contributed by atoms with E-state index in [0.717, 1.165) is 45.4 Å². The molecular formula is C20H27N3O2. The van der Waals surface area contributed by atoms with Gasteiger partial charge in [-0.05, 0) is 31.4 Å². The van der Waals surface area contributed by atoms with Gasteiger partial charge in [-0.1, -0.05) is 30.4 Å². The quantitative estimate of drug-likeness (QED) is 0.836. The van der Waals surface area contributed by atoms with Gasteiger partial charge in [-0.25, -0.2) is 0 Å². The zero-order valence-electron chi connectivity index (χ0n) is 14.7. The standard InChI is InChI=1S/C20H27N3O2/c24-19(11-12-21-20(25)17-7-3-1-4-8-17)23-15-13-22(14-16-23)18-9-5-2-6-10-18/h1-3,5-6,9-10,17H,4,7-8,11-16H2,(H,21,25)/t17-/m1/s1. The number of piperazine rings is 1. The normalized spacial score (nSPS) is 20.4. The Morgan fingerprint density at radius 3 is 2.48 bits per heavy atom. The van der Waals surface area contributed by atoms with Crippen LogP contribution in [0.5, 0.6) is 0 Å². The van der Waals surface area contributed by atoms with Crippen LogP contribution in [0.15, 0.2) is 42.5 Å². The molecule has 0 saturated carbocycles. The van der Waals surface area contributed by atoms with Crippen LogP contribution in [0, 0.1) is 5.92 Å². The van der Waals surface area contributed by atoms with Gasteiger partial charge in [0.15, 0.2) is 0 Å². The van der Waals surface area contributed by atoms with Crippen molar-refractivity contribution in [3.05, 3.63) is 42.5 Å². The van der Waals surface area contributed by atoms with Crippen molar-refractivity contribution in [3.8, 4) is 0 Å². The molecule has 1 aliphatic heterocycles. The highest BCUT2D eigenvalue weighted by atomic mass is 16.2. The predicted molar refractivity (Wildman–Crippen MR) is 99.3 cm³/mol. The van der Waals surface area contributed by atoms with Gasteiger partial charge in [-0.2, -0.15) is 0 Å². The summed E-state index contributed by atoms with van der Waals surface area (Å²) >= 11 is 0. The van der Waals surface area contributed by atoms with Crippen molar-refractivity contribution >= 4 is 17.5 Å². The predicted octanol–water partition coefficient (Wildman–Crippen LogP) is 2.20.